The predicted molar refractivity (Wildman–Crippen MR) is 104 cm³/mol. The molecule has 152 valence electrons. The zero-order valence-corrected chi connectivity index (χ0v) is 16.5. The van der Waals surface area contributed by atoms with E-state index in [1.54, 1.807) is 57.2 Å². The first kappa shape index (κ1) is 21.2. The number of likely N-dealkylation sites (N-methyl/N-ethyl adjacent to an activating group) is 1. The van der Waals surface area contributed by atoms with Crippen molar-refractivity contribution in [2.75, 3.05) is 39.2 Å². The first-order valence-corrected chi connectivity index (χ1v) is 8.94. The molecule has 0 aliphatic carbocycles. The fourth-order valence-corrected chi connectivity index (χ4v) is 2.88. The number of nitrogens with one attached hydrogen (secondary N) is 3. The van der Waals surface area contributed by atoms with Crippen molar-refractivity contribution in [3.8, 4) is 5.75 Å². The highest BCUT2D eigenvalue weighted by atomic mass is 16.5. The van der Waals surface area contributed by atoms with Crippen LogP contribution in [0, 0.1) is 0 Å². The van der Waals surface area contributed by atoms with Crippen LogP contribution in [0.4, 0.5) is 10.5 Å². The highest BCUT2D eigenvalue weighted by molar-refractivity contribution is 5.95. The number of hydrogen-bond donors (Lipinski definition) is 3. The Balaban J connectivity index is 2.04. The Labute approximate surface area is 164 Å². The molecular formula is C19H26N4O5. The lowest BCUT2D eigenvalue weighted by Gasteiger charge is -2.28. The van der Waals surface area contributed by atoms with Crippen molar-refractivity contribution in [2.45, 2.75) is 19.9 Å². The zero-order valence-electron chi connectivity index (χ0n) is 16.5. The number of urea groups is 1. The Hall–Kier alpha value is -3.07. The minimum Gasteiger partial charge on any atom is -0.497 e. The summed E-state index contributed by atoms with van der Waals surface area (Å²) in [6.45, 7) is 3.92. The molecule has 1 aliphatic heterocycles. The summed E-state index contributed by atoms with van der Waals surface area (Å²) in [5, 5.41) is 8.07. The number of carbonyl (C=O) groups excluding carboxylic acids is 3. The molecule has 1 aromatic carbocycles. The lowest BCUT2D eigenvalue weighted by Crippen LogP contribution is -2.51. The summed E-state index contributed by atoms with van der Waals surface area (Å²) in [5.74, 6) is -0.0872. The van der Waals surface area contributed by atoms with E-state index in [4.69, 9.17) is 9.47 Å². The molecule has 1 heterocycles. The monoisotopic (exact) mass is 390 g/mol. The van der Waals surface area contributed by atoms with Gasteiger partial charge in [-0.3, -0.25) is 9.69 Å². The molecule has 0 saturated carbocycles. The quantitative estimate of drug-likeness (QED) is 0.573. The SMILES string of the molecule is CCOC(=O)C1=C(CN(C)CC(=O)Nc2cccc(OC)c2)NC(=O)NC1C. The number of esters is 1. The summed E-state index contributed by atoms with van der Waals surface area (Å²) < 4.78 is 10.2. The number of carbonyl (C=O) groups is 3. The summed E-state index contributed by atoms with van der Waals surface area (Å²) >= 11 is 0. The average molecular weight is 390 g/mol. The Bertz CT molecular complexity index is 777. The van der Waals surface area contributed by atoms with E-state index in [1.807, 2.05) is 0 Å². The Morgan fingerprint density at radius 1 is 1.32 bits per heavy atom. The highest BCUT2D eigenvalue weighted by Crippen LogP contribution is 2.17. The number of anilines is 1. The molecule has 0 saturated heterocycles. The molecule has 1 atom stereocenters. The molecule has 3 N–H and O–H groups in total. The standard InChI is InChI=1S/C19H26N4O5/c1-5-28-18(25)17-12(2)20-19(26)22-15(17)10-23(3)11-16(24)21-13-7-6-8-14(9-13)27-4/h6-9,12H,5,10-11H2,1-4H3,(H,21,24)(H2,20,22,26). The maximum absolute atomic E-state index is 12.3. The van der Waals surface area contributed by atoms with Gasteiger partial charge in [-0.2, -0.15) is 0 Å². The lowest BCUT2D eigenvalue weighted by molar-refractivity contribution is -0.139. The molecule has 28 heavy (non-hydrogen) atoms. The van der Waals surface area contributed by atoms with Crippen LogP contribution in [0.2, 0.25) is 0 Å². The fourth-order valence-electron chi connectivity index (χ4n) is 2.88. The van der Waals surface area contributed by atoms with Crippen LogP contribution in [0.5, 0.6) is 5.75 Å². The molecule has 1 aliphatic rings. The van der Waals surface area contributed by atoms with E-state index in [2.05, 4.69) is 16.0 Å². The van der Waals surface area contributed by atoms with Gasteiger partial charge in [-0.15, -0.1) is 0 Å². The number of amides is 3. The number of rotatable bonds is 8. The average Bonchev–Trinajstić information content (AvgIpc) is 2.61. The van der Waals surface area contributed by atoms with Crippen molar-refractivity contribution >= 4 is 23.6 Å². The van der Waals surface area contributed by atoms with Gasteiger partial charge in [0.1, 0.15) is 5.75 Å². The first-order valence-electron chi connectivity index (χ1n) is 8.94. The molecule has 3 amide bonds. The molecule has 0 aromatic heterocycles. The molecular weight excluding hydrogens is 364 g/mol. The summed E-state index contributed by atoms with van der Waals surface area (Å²) in [7, 11) is 3.28. The van der Waals surface area contributed by atoms with Gasteiger partial charge in [0.05, 0.1) is 31.9 Å². The van der Waals surface area contributed by atoms with Crippen LogP contribution in [0.25, 0.3) is 0 Å². The maximum atomic E-state index is 12.3. The Kier molecular flexibility index (Phi) is 7.39. The second-order valence-electron chi connectivity index (χ2n) is 6.39. The normalized spacial score (nSPS) is 16.3. The zero-order chi connectivity index (χ0) is 20.7. The van der Waals surface area contributed by atoms with Gasteiger partial charge in [-0.25, -0.2) is 9.59 Å². The largest absolute Gasteiger partial charge is 0.497 e. The van der Waals surface area contributed by atoms with Crippen LogP contribution in [-0.4, -0.2) is 62.7 Å². The minimum atomic E-state index is -0.494. The summed E-state index contributed by atoms with van der Waals surface area (Å²) in [5.41, 5.74) is 1.39. The van der Waals surface area contributed by atoms with E-state index >= 15 is 0 Å². The van der Waals surface area contributed by atoms with E-state index in [0.29, 0.717) is 22.7 Å². The van der Waals surface area contributed by atoms with Crippen LogP contribution in [0.3, 0.4) is 0 Å². The maximum Gasteiger partial charge on any atom is 0.337 e. The van der Waals surface area contributed by atoms with Crippen LogP contribution < -0.4 is 20.7 Å². The molecule has 1 unspecified atom stereocenters. The molecule has 9 heteroatoms. The van der Waals surface area contributed by atoms with E-state index in [0.717, 1.165) is 0 Å². The number of hydrogen-bond acceptors (Lipinski definition) is 6. The van der Waals surface area contributed by atoms with Crippen molar-refractivity contribution in [1.29, 1.82) is 0 Å². The third-order valence-electron chi connectivity index (χ3n) is 4.06. The van der Waals surface area contributed by atoms with Gasteiger partial charge in [0.2, 0.25) is 5.91 Å². The fraction of sp³-hybridized carbons (Fsp3) is 0.421. The molecule has 0 spiro atoms. The van der Waals surface area contributed by atoms with Gasteiger partial charge in [0, 0.05) is 24.0 Å². The number of ether oxygens (including phenoxy) is 2. The molecule has 2 rings (SSSR count). The molecule has 0 radical (unpaired) electrons. The van der Waals surface area contributed by atoms with Crippen molar-refractivity contribution in [3.05, 3.63) is 35.5 Å². The van der Waals surface area contributed by atoms with Crippen LogP contribution in [-0.2, 0) is 14.3 Å². The summed E-state index contributed by atoms with van der Waals surface area (Å²) in [6, 6.07) is 6.16. The topological polar surface area (TPSA) is 109 Å². The van der Waals surface area contributed by atoms with Gasteiger partial charge in [-0.1, -0.05) is 6.07 Å². The van der Waals surface area contributed by atoms with Crippen molar-refractivity contribution in [3.63, 3.8) is 0 Å². The smallest absolute Gasteiger partial charge is 0.337 e. The number of benzene rings is 1. The van der Waals surface area contributed by atoms with Gasteiger partial charge in [0.15, 0.2) is 0 Å². The second kappa shape index (κ2) is 9.75. The molecule has 9 nitrogen and oxygen atoms in total. The van der Waals surface area contributed by atoms with Gasteiger partial charge in [-0.05, 0) is 33.0 Å². The molecule has 1 aromatic rings. The summed E-state index contributed by atoms with van der Waals surface area (Å²) in [6.07, 6.45) is 0. The van der Waals surface area contributed by atoms with Crippen molar-refractivity contribution in [2.24, 2.45) is 0 Å². The van der Waals surface area contributed by atoms with Crippen LogP contribution in [0.15, 0.2) is 35.5 Å². The highest BCUT2D eigenvalue weighted by Gasteiger charge is 2.30. The summed E-state index contributed by atoms with van der Waals surface area (Å²) in [4.78, 5) is 38.1. The first-order chi connectivity index (χ1) is 13.3. The van der Waals surface area contributed by atoms with E-state index in [1.165, 1.54) is 0 Å². The Morgan fingerprint density at radius 2 is 2.07 bits per heavy atom. The predicted octanol–water partition coefficient (Wildman–Crippen LogP) is 1.08. The lowest BCUT2D eigenvalue weighted by atomic mass is 10.0. The van der Waals surface area contributed by atoms with Gasteiger partial charge >= 0.3 is 12.0 Å². The Morgan fingerprint density at radius 3 is 2.75 bits per heavy atom. The van der Waals surface area contributed by atoms with E-state index < -0.39 is 18.0 Å². The van der Waals surface area contributed by atoms with Crippen LogP contribution in [0.1, 0.15) is 13.8 Å². The van der Waals surface area contributed by atoms with Crippen molar-refractivity contribution in [1.82, 2.24) is 15.5 Å². The second-order valence-corrected chi connectivity index (χ2v) is 6.39. The minimum absolute atomic E-state index is 0.0640. The van der Waals surface area contributed by atoms with Gasteiger partial charge in [0.25, 0.3) is 0 Å². The molecule has 0 bridgehead atoms. The van der Waals surface area contributed by atoms with Crippen LogP contribution >= 0.6 is 0 Å². The number of nitrogens with zero attached hydrogens (tertiary/aromatic N) is 1. The van der Waals surface area contributed by atoms with Gasteiger partial charge < -0.3 is 25.4 Å². The van der Waals surface area contributed by atoms with E-state index in [-0.39, 0.29) is 25.6 Å². The van der Waals surface area contributed by atoms with Crippen molar-refractivity contribution < 1.29 is 23.9 Å². The van der Waals surface area contributed by atoms with E-state index in [9.17, 15) is 14.4 Å². The molecule has 0 fully saturated rings. The third-order valence-corrected chi connectivity index (χ3v) is 4.06. The third kappa shape index (κ3) is 5.71. The number of methoxy groups -OCH3 is 1.